The molecule has 2 aliphatic rings. The minimum absolute atomic E-state index is 0.0575. The highest BCUT2D eigenvalue weighted by molar-refractivity contribution is 5.86. The van der Waals surface area contributed by atoms with Gasteiger partial charge in [0, 0.05) is 12.6 Å². The van der Waals surface area contributed by atoms with Crippen LogP contribution in [0.4, 0.5) is 0 Å². The molecule has 2 rings (SSSR count). The first-order valence-electron chi connectivity index (χ1n) is 5.90. The molecule has 0 spiro atoms. The van der Waals surface area contributed by atoms with Crippen molar-refractivity contribution in [1.82, 2.24) is 10.2 Å². The maximum absolute atomic E-state index is 11.2. The molecule has 4 nitrogen and oxygen atoms in total. The molecule has 0 saturated carbocycles. The van der Waals surface area contributed by atoms with Gasteiger partial charge >= 0.3 is 0 Å². The molecule has 0 bridgehead atoms. The smallest absolute Gasteiger partial charge is 0.243 e. The van der Waals surface area contributed by atoms with Crippen LogP contribution in [0, 0.1) is 0 Å². The number of rotatable bonds is 3. The fourth-order valence-electron chi connectivity index (χ4n) is 2.72. The van der Waals surface area contributed by atoms with Crippen LogP contribution in [0.5, 0.6) is 0 Å². The Hall–Kier alpha value is -0.870. The van der Waals surface area contributed by atoms with Gasteiger partial charge in [-0.25, -0.2) is 0 Å². The molecule has 2 aliphatic heterocycles. The van der Waals surface area contributed by atoms with Crippen LogP contribution in [0.1, 0.15) is 19.8 Å². The number of fused-ring (bicyclic) bond motifs is 1. The largest absolute Gasteiger partial charge is 0.378 e. The number of hydrogen-bond acceptors (Lipinski definition) is 3. The lowest BCUT2D eigenvalue weighted by molar-refractivity contribution is -0.119. The Morgan fingerprint density at radius 3 is 3.31 bits per heavy atom. The molecule has 90 valence electrons. The number of morpholine rings is 1. The van der Waals surface area contributed by atoms with Crippen molar-refractivity contribution in [2.75, 3.05) is 26.3 Å². The van der Waals surface area contributed by atoms with E-state index in [1.54, 1.807) is 0 Å². The Morgan fingerprint density at radius 1 is 1.75 bits per heavy atom. The Morgan fingerprint density at radius 2 is 2.56 bits per heavy atom. The molecule has 2 saturated heterocycles. The fraction of sp³-hybridized carbons (Fsp3) is 0.750. The lowest BCUT2D eigenvalue weighted by atomic mass is 9.97. The minimum atomic E-state index is -0.109. The zero-order valence-corrected chi connectivity index (χ0v) is 9.87. The summed E-state index contributed by atoms with van der Waals surface area (Å²) < 4.78 is 5.65. The lowest BCUT2D eigenvalue weighted by Crippen LogP contribution is -2.62. The van der Waals surface area contributed by atoms with Crippen LogP contribution in [0.3, 0.4) is 0 Å². The molecule has 0 aromatic carbocycles. The average molecular weight is 224 g/mol. The standard InChI is InChI=1S/C12H20N2O2/c1-3-11(15)13-8-12(2)9-16-7-10-5-4-6-14(10)12/h3,10H,1,4-9H2,2H3,(H,13,15)/t10-,12+/m0/s1. The van der Waals surface area contributed by atoms with E-state index in [1.807, 2.05) is 0 Å². The Balaban J connectivity index is 1.98. The van der Waals surface area contributed by atoms with Crippen LogP contribution in [-0.2, 0) is 9.53 Å². The number of carbonyl (C=O) groups excluding carboxylic acids is 1. The third-order valence-corrected chi connectivity index (χ3v) is 3.62. The molecule has 0 unspecified atom stereocenters. The van der Waals surface area contributed by atoms with Gasteiger partial charge in [0.05, 0.1) is 18.8 Å². The number of nitrogens with one attached hydrogen (secondary N) is 1. The summed E-state index contributed by atoms with van der Waals surface area (Å²) in [6.07, 6.45) is 3.76. The molecule has 1 N–H and O–H groups in total. The number of carbonyl (C=O) groups is 1. The van der Waals surface area contributed by atoms with Gasteiger partial charge in [0.2, 0.25) is 5.91 Å². The Bertz CT molecular complexity index is 293. The Kier molecular flexibility index (Phi) is 3.30. The summed E-state index contributed by atoms with van der Waals surface area (Å²) in [4.78, 5) is 13.7. The van der Waals surface area contributed by atoms with Crippen molar-refractivity contribution in [3.63, 3.8) is 0 Å². The Labute approximate surface area is 96.6 Å². The van der Waals surface area contributed by atoms with E-state index in [0.717, 1.165) is 13.2 Å². The van der Waals surface area contributed by atoms with Gasteiger partial charge in [-0.1, -0.05) is 6.58 Å². The molecule has 0 aromatic rings. The summed E-state index contributed by atoms with van der Waals surface area (Å²) in [5.74, 6) is -0.109. The van der Waals surface area contributed by atoms with E-state index in [1.165, 1.54) is 18.9 Å². The summed E-state index contributed by atoms with van der Waals surface area (Å²) >= 11 is 0. The zero-order chi connectivity index (χ0) is 11.6. The molecule has 0 aromatic heterocycles. The third kappa shape index (κ3) is 2.13. The summed E-state index contributed by atoms with van der Waals surface area (Å²) in [6.45, 7) is 8.90. The van der Waals surface area contributed by atoms with Crippen LogP contribution >= 0.6 is 0 Å². The fourth-order valence-corrected chi connectivity index (χ4v) is 2.72. The quantitative estimate of drug-likeness (QED) is 0.712. The molecule has 0 radical (unpaired) electrons. The van der Waals surface area contributed by atoms with E-state index in [2.05, 4.69) is 23.7 Å². The van der Waals surface area contributed by atoms with Gasteiger partial charge in [-0.3, -0.25) is 9.69 Å². The number of nitrogens with zero attached hydrogens (tertiary/aromatic N) is 1. The van der Waals surface area contributed by atoms with Gasteiger partial charge in [-0.15, -0.1) is 0 Å². The molecular formula is C12H20N2O2. The topological polar surface area (TPSA) is 41.6 Å². The van der Waals surface area contributed by atoms with Crippen molar-refractivity contribution >= 4 is 5.91 Å². The molecule has 16 heavy (non-hydrogen) atoms. The maximum Gasteiger partial charge on any atom is 0.243 e. The van der Waals surface area contributed by atoms with Crippen molar-refractivity contribution < 1.29 is 9.53 Å². The van der Waals surface area contributed by atoms with Crippen molar-refractivity contribution in [2.45, 2.75) is 31.3 Å². The van der Waals surface area contributed by atoms with Gasteiger partial charge < -0.3 is 10.1 Å². The number of hydrogen-bond donors (Lipinski definition) is 1. The molecular weight excluding hydrogens is 204 g/mol. The SMILES string of the molecule is C=CC(=O)NC[C@]1(C)COC[C@@H]2CCCN21. The number of amides is 1. The summed E-state index contributed by atoms with van der Waals surface area (Å²) in [7, 11) is 0. The predicted octanol–water partition coefficient (Wildman–Crippen LogP) is 0.542. The summed E-state index contributed by atoms with van der Waals surface area (Å²) in [5.41, 5.74) is -0.0575. The van der Waals surface area contributed by atoms with Gasteiger partial charge in [-0.2, -0.15) is 0 Å². The monoisotopic (exact) mass is 224 g/mol. The van der Waals surface area contributed by atoms with Crippen LogP contribution in [0.15, 0.2) is 12.7 Å². The molecule has 2 atom stereocenters. The van der Waals surface area contributed by atoms with Gasteiger partial charge in [-0.05, 0) is 32.4 Å². The maximum atomic E-state index is 11.2. The highest BCUT2D eigenvalue weighted by Gasteiger charge is 2.42. The van der Waals surface area contributed by atoms with E-state index in [4.69, 9.17) is 4.74 Å². The second-order valence-corrected chi connectivity index (χ2v) is 4.92. The molecule has 0 aliphatic carbocycles. The predicted molar refractivity (Wildman–Crippen MR) is 62.2 cm³/mol. The minimum Gasteiger partial charge on any atom is -0.378 e. The van der Waals surface area contributed by atoms with E-state index >= 15 is 0 Å². The third-order valence-electron chi connectivity index (χ3n) is 3.62. The first kappa shape index (κ1) is 11.6. The van der Waals surface area contributed by atoms with Gasteiger partial charge in [0.1, 0.15) is 0 Å². The van der Waals surface area contributed by atoms with Crippen molar-refractivity contribution in [1.29, 1.82) is 0 Å². The lowest BCUT2D eigenvalue weighted by Gasteiger charge is -2.46. The molecule has 1 amide bonds. The first-order chi connectivity index (χ1) is 7.65. The van der Waals surface area contributed by atoms with E-state index in [0.29, 0.717) is 19.2 Å². The highest BCUT2D eigenvalue weighted by atomic mass is 16.5. The van der Waals surface area contributed by atoms with Crippen LogP contribution in [0.25, 0.3) is 0 Å². The average Bonchev–Trinajstić information content (AvgIpc) is 2.76. The van der Waals surface area contributed by atoms with E-state index in [9.17, 15) is 4.79 Å². The first-order valence-corrected chi connectivity index (χ1v) is 5.90. The van der Waals surface area contributed by atoms with E-state index < -0.39 is 0 Å². The molecule has 4 heteroatoms. The van der Waals surface area contributed by atoms with Crippen molar-refractivity contribution in [2.24, 2.45) is 0 Å². The van der Waals surface area contributed by atoms with Crippen molar-refractivity contribution in [3.05, 3.63) is 12.7 Å². The summed E-state index contributed by atoms with van der Waals surface area (Å²) in [5, 5.41) is 2.88. The number of ether oxygens (including phenoxy) is 1. The second-order valence-electron chi connectivity index (χ2n) is 4.92. The highest BCUT2D eigenvalue weighted by Crippen LogP contribution is 2.30. The normalized spacial score (nSPS) is 34.4. The molecule has 2 fully saturated rings. The van der Waals surface area contributed by atoms with E-state index in [-0.39, 0.29) is 11.4 Å². The van der Waals surface area contributed by atoms with Crippen LogP contribution < -0.4 is 5.32 Å². The summed E-state index contributed by atoms with van der Waals surface area (Å²) in [6, 6.07) is 0.541. The molecule has 2 heterocycles. The zero-order valence-electron chi connectivity index (χ0n) is 9.87. The van der Waals surface area contributed by atoms with Gasteiger partial charge in [0.15, 0.2) is 0 Å². The van der Waals surface area contributed by atoms with Gasteiger partial charge in [0.25, 0.3) is 0 Å². The van der Waals surface area contributed by atoms with Crippen LogP contribution in [-0.4, -0.2) is 48.7 Å². The van der Waals surface area contributed by atoms with Crippen molar-refractivity contribution in [3.8, 4) is 0 Å². The van der Waals surface area contributed by atoms with Crippen LogP contribution in [0.2, 0.25) is 0 Å². The second kappa shape index (κ2) is 4.55.